The maximum atomic E-state index is 12.6. The van der Waals surface area contributed by atoms with Gasteiger partial charge in [-0.25, -0.2) is 0 Å². The molecule has 8 heteroatoms. The van der Waals surface area contributed by atoms with Gasteiger partial charge in [-0.05, 0) is 74.0 Å². The Morgan fingerprint density at radius 1 is 0.939 bits per heavy atom. The first kappa shape index (κ1) is 24.5. The van der Waals surface area contributed by atoms with Crippen molar-refractivity contribution in [2.45, 2.75) is 24.0 Å². The van der Waals surface area contributed by atoms with Crippen molar-refractivity contribution in [2.75, 3.05) is 24.9 Å². The van der Waals surface area contributed by atoms with E-state index in [1.165, 1.54) is 18.9 Å². The smallest absolute Gasteiger partial charge is 0.255 e. The third-order valence-corrected chi connectivity index (χ3v) is 6.49. The first-order valence-corrected chi connectivity index (χ1v) is 11.4. The quantitative estimate of drug-likeness (QED) is 0.381. The normalized spacial score (nSPS) is 11.4. The fourth-order valence-electron chi connectivity index (χ4n) is 3.03. The van der Waals surface area contributed by atoms with E-state index < -0.39 is 0 Å². The lowest BCUT2D eigenvalue weighted by molar-refractivity contribution is -0.115. The SMILES string of the molecule is COc1ccc(C(=O)Nc2ccc(SC(C)C(=O)Nc3cccc(Cl)c3C)cc2)cc1OC. The number of carbonyl (C=O) groups excluding carboxylic acids is 2. The van der Waals surface area contributed by atoms with Crippen molar-refractivity contribution in [3.8, 4) is 11.5 Å². The van der Waals surface area contributed by atoms with E-state index >= 15 is 0 Å². The first-order valence-electron chi connectivity index (χ1n) is 10.2. The Kier molecular flexibility index (Phi) is 8.25. The van der Waals surface area contributed by atoms with Gasteiger partial charge >= 0.3 is 0 Å². The molecule has 0 spiro atoms. The average molecular weight is 485 g/mol. The van der Waals surface area contributed by atoms with E-state index in [-0.39, 0.29) is 17.1 Å². The van der Waals surface area contributed by atoms with Gasteiger partial charge < -0.3 is 20.1 Å². The number of benzene rings is 3. The molecule has 3 aromatic carbocycles. The molecule has 0 saturated heterocycles. The standard InChI is InChI=1S/C25H25ClN2O4S/c1-15-20(26)6-5-7-21(15)28-24(29)16(2)33-19-11-9-18(10-12-19)27-25(30)17-8-13-22(31-3)23(14-17)32-4/h5-14,16H,1-4H3,(H,27,30)(H,28,29). The van der Waals surface area contributed by atoms with Crippen LogP contribution in [-0.2, 0) is 4.79 Å². The maximum absolute atomic E-state index is 12.6. The van der Waals surface area contributed by atoms with Crippen molar-refractivity contribution in [1.29, 1.82) is 0 Å². The predicted molar refractivity (Wildman–Crippen MR) is 134 cm³/mol. The Morgan fingerprint density at radius 2 is 1.64 bits per heavy atom. The second-order valence-corrected chi connectivity index (χ2v) is 9.03. The second kappa shape index (κ2) is 11.1. The van der Waals surface area contributed by atoms with Crippen LogP contribution in [0.2, 0.25) is 5.02 Å². The Bertz CT molecular complexity index is 1150. The van der Waals surface area contributed by atoms with Crippen molar-refractivity contribution in [1.82, 2.24) is 0 Å². The minimum atomic E-state index is -0.324. The summed E-state index contributed by atoms with van der Waals surface area (Å²) in [5.74, 6) is 0.661. The number of hydrogen-bond donors (Lipinski definition) is 2. The van der Waals surface area contributed by atoms with Crippen LogP contribution in [0.3, 0.4) is 0 Å². The molecule has 3 rings (SSSR count). The Morgan fingerprint density at radius 3 is 2.30 bits per heavy atom. The van der Waals surface area contributed by atoms with Crippen molar-refractivity contribution < 1.29 is 19.1 Å². The van der Waals surface area contributed by atoms with Crippen LogP contribution in [0.1, 0.15) is 22.8 Å². The first-order chi connectivity index (χ1) is 15.8. The van der Waals surface area contributed by atoms with Crippen LogP contribution in [0.5, 0.6) is 11.5 Å². The van der Waals surface area contributed by atoms with Crippen LogP contribution in [0.4, 0.5) is 11.4 Å². The van der Waals surface area contributed by atoms with E-state index in [0.29, 0.717) is 33.5 Å². The van der Waals surface area contributed by atoms with Crippen molar-refractivity contribution in [2.24, 2.45) is 0 Å². The van der Waals surface area contributed by atoms with Gasteiger partial charge in [0, 0.05) is 26.9 Å². The molecule has 0 heterocycles. The van der Waals surface area contributed by atoms with Gasteiger partial charge in [0.15, 0.2) is 11.5 Å². The molecule has 0 bridgehead atoms. The predicted octanol–water partition coefficient (Wildman–Crippen LogP) is 6.04. The third-order valence-electron chi connectivity index (χ3n) is 4.97. The Labute approximate surface area is 202 Å². The summed E-state index contributed by atoms with van der Waals surface area (Å²) in [4.78, 5) is 26.1. The molecule has 2 amide bonds. The minimum Gasteiger partial charge on any atom is -0.493 e. The van der Waals surface area contributed by atoms with Gasteiger partial charge in [-0.1, -0.05) is 17.7 Å². The summed E-state index contributed by atoms with van der Waals surface area (Å²) >= 11 is 7.55. The number of ether oxygens (including phenoxy) is 2. The summed E-state index contributed by atoms with van der Waals surface area (Å²) in [6.07, 6.45) is 0. The van der Waals surface area contributed by atoms with Gasteiger partial charge in [0.05, 0.1) is 19.5 Å². The monoisotopic (exact) mass is 484 g/mol. The fourth-order valence-corrected chi connectivity index (χ4v) is 4.07. The maximum Gasteiger partial charge on any atom is 0.255 e. The van der Waals surface area contributed by atoms with Gasteiger partial charge in [0.2, 0.25) is 5.91 Å². The van der Waals surface area contributed by atoms with Gasteiger partial charge in [0.25, 0.3) is 5.91 Å². The molecule has 0 fully saturated rings. The van der Waals surface area contributed by atoms with E-state index in [2.05, 4.69) is 10.6 Å². The summed E-state index contributed by atoms with van der Waals surface area (Å²) in [7, 11) is 3.06. The summed E-state index contributed by atoms with van der Waals surface area (Å²) in [6, 6.07) is 17.7. The molecular weight excluding hydrogens is 460 g/mol. The highest BCUT2D eigenvalue weighted by atomic mass is 35.5. The molecule has 0 aromatic heterocycles. The average Bonchev–Trinajstić information content (AvgIpc) is 2.82. The molecule has 2 N–H and O–H groups in total. The molecular formula is C25H25ClN2O4S. The molecule has 6 nitrogen and oxygen atoms in total. The van der Waals surface area contributed by atoms with Crippen LogP contribution < -0.4 is 20.1 Å². The number of hydrogen-bond acceptors (Lipinski definition) is 5. The summed E-state index contributed by atoms with van der Waals surface area (Å²) < 4.78 is 10.5. The lowest BCUT2D eigenvalue weighted by Crippen LogP contribution is -2.22. The van der Waals surface area contributed by atoms with Crippen LogP contribution in [0.25, 0.3) is 0 Å². The van der Waals surface area contributed by atoms with Crippen molar-refractivity contribution >= 4 is 46.6 Å². The fraction of sp³-hybridized carbons (Fsp3) is 0.200. The number of halogens is 1. The highest BCUT2D eigenvalue weighted by Gasteiger charge is 2.16. The summed E-state index contributed by atoms with van der Waals surface area (Å²) in [5, 5.41) is 6.07. The highest BCUT2D eigenvalue weighted by Crippen LogP contribution is 2.29. The lowest BCUT2D eigenvalue weighted by atomic mass is 10.2. The topological polar surface area (TPSA) is 76.7 Å². The molecule has 1 unspecified atom stereocenters. The number of rotatable bonds is 8. The van der Waals surface area contributed by atoms with Gasteiger partial charge in [-0.2, -0.15) is 0 Å². The zero-order chi connectivity index (χ0) is 24.0. The Balaban J connectivity index is 1.60. The van der Waals surface area contributed by atoms with Crippen LogP contribution in [-0.4, -0.2) is 31.3 Å². The molecule has 0 radical (unpaired) electrons. The van der Waals surface area contributed by atoms with E-state index in [1.807, 2.05) is 32.0 Å². The number of methoxy groups -OCH3 is 2. The second-order valence-electron chi connectivity index (χ2n) is 7.21. The number of nitrogens with one attached hydrogen (secondary N) is 2. The molecule has 172 valence electrons. The number of amides is 2. The van der Waals surface area contributed by atoms with E-state index in [9.17, 15) is 9.59 Å². The lowest BCUT2D eigenvalue weighted by Gasteiger charge is -2.14. The molecule has 0 aliphatic heterocycles. The van der Waals surface area contributed by atoms with Crippen molar-refractivity contribution in [3.05, 3.63) is 76.8 Å². The number of thioether (sulfide) groups is 1. The zero-order valence-electron chi connectivity index (χ0n) is 18.8. The van der Waals surface area contributed by atoms with Crippen molar-refractivity contribution in [3.63, 3.8) is 0 Å². The number of carbonyl (C=O) groups is 2. The van der Waals surface area contributed by atoms with Crippen LogP contribution in [0, 0.1) is 6.92 Å². The Hall–Kier alpha value is -3.16. The summed E-state index contributed by atoms with van der Waals surface area (Å²) in [6.45, 7) is 3.71. The van der Waals surface area contributed by atoms with Gasteiger partial charge in [-0.3, -0.25) is 9.59 Å². The van der Waals surface area contributed by atoms with Gasteiger partial charge in [-0.15, -0.1) is 11.8 Å². The van der Waals surface area contributed by atoms with Crippen LogP contribution in [0.15, 0.2) is 65.6 Å². The third kappa shape index (κ3) is 6.21. The molecule has 3 aromatic rings. The largest absolute Gasteiger partial charge is 0.493 e. The summed E-state index contributed by atoms with van der Waals surface area (Å²) in [5.41, 5.74) is 2.63. The molecule has 0 aliphatic rings. The zero-order valence-corrected chi connectivity index (χ0v) is 20.3. The van der Waals surface area contributed by atoms with E-state index in [4.69, 9.17) is 21.1 Å². The van der Waals surface area contributed by atoms with Gasteiger partial charge in [0.1, 0.15) is 0 Å². The van der Waals surface area contributed by atoms with Crippen LogP contribution >= 0.6 is 23.4 Å². The molecule has 1 atom stereocenters. The van der Waals surface area contributed by atoms with E-state index in [0.717, 1.165) is 10.5 Å². The highest BCUT2D eigenvalue weighted by molar-refractivity contribution is 8.00. The number of anilines is 2. The molecule has 0 saturated carbocycles. The molecule has 0 aliphatic carbocycles. The van der Waals surface area contributed by atoms with E-state index in [1.54, 1.807) is 49.6 Å². The molecule has 33 heavy (non-hydrogen) atoms. The minimum absolute atomic E-state index is 0.115.